The fraction of sp³-hybridized carbons (Fsp3) is 0.231. The van der Waals surface area contributed by atoms with Crippen LogP contribution in [0.15, 0.2) is 59.8 Å². The summed E-state index contributed by atoms with van der Waals surface area (Å²) >= 11 is 6.11. The molecule has 10 heteroatoms. The zero-order chi connectivity index (χ0) is 25.2. The highest BCUT2D eigenvalue weighted by atomic mass is 35.5. The zero-order valence-corrected chi connectivity index (χ0v) is 20.0. The van der Waals surface area contributed by atoms with E-state index in [-0.39, 0.29) is 30.1 Å². The van der Waals surface area contributed by atoms with E-state index in [9.17, 15) is 18.8 Å². The van der Waals surface area contributed by atoms with Gasteiger partial charge in [0.15, 0.2) is 0 Å². The van der Waals surface area contributed by atoms with E-state index in [0.717, 1.165) is 24.2 Å². The standard InChI is InChI=1S/C26H23ClFN5O3/c27-21-12-30-23-9-22(28)18(8-20(21)23)11-31-26(36)17-4-6-25(35)33(14-17)13-16-3-5-19(29-10-16)15-32-7-1-2-24(32)34/h3-6,8-10,12,14,30H,1-2,7,11,13,15H2,(H,31,36). The van der Waals surface area contributed by atoms with Crippen LogP contribution in [0.25, 0.3) is 10.9 Å². The highest BCUT2D eigenvalue weighted by Crippen LogP contribution is 2.25. The molecule has 0 aliphatic carbocycles. The van der Waals surface area contributed by atoms with E-state index in [1.807, 2.05) is 12.1 Å². The number of carbonyl (C=O) groups excluding carboxylic acids is 2. The van der Waals surface area contributed by atoms with Crippen molar-refractivity contribution in [3.05, 3.63) is 98.6 Å². The molecule has 5 rings (SSSR count). The number of amides is 2. The maximum Gasteiger partial charge on any atom is 0.253 e. The lowest BCUT2D eigenvalue weighted by Gasteiger charge is -2.15. The molecule has 1 aromatic carbocycles. The van der Waals surface area contributed by atoms with Gasteiger partial charge in [-0.2, -0.15) is 0 Å². The molecule has 1 aliphatic heterocycles. The summed E-state index contributed by atoms with van der Waals surface area (Å²) in [5.74, 6) is -0.762. The molecule has 0 atom stereocenters. The lowest BCUT2D eigenvalue weighted by atomic mass is 10.1. The van der Waals surface area contributed by atoms with Gasteiger partial charge in [-0.1, -0.05) is 17.7 Å². The summed E-state index contributed by atoms with van der Waals surface area (Å²) in [6.45, 7) is 1.41. The molecule has 36 heavy (non-hydrogen) atoms. The van der Waals surface area contributed by atoms with Gasteiger partial charge in [-0.05, 0) is 36.2 Å². The number of H-pyrrole nitrogens is 1. The molecular weight excluding hydrogens is 485 g/mol. The topological polar surface area (TPSA) is 100 Å². The molecule has 8 nitrogen and oxygen atoms in total. The maximum absolute atomic E-state index is 14.4. The summed E-state index contributed by atoms with van der Waals surface area (Å²) in [6, 6.07) is 9.39. The summed E-state index contributed by atoms with van der Waals surface area (Å²) in [5, 5.41) is 3.83. The number of pyridine rings is 2. The predicted octanol–water partition coefficient (Wildman–Crippen LogP) is 3.62. The van der Waals surface area contributed by atoms with E-state index >= 15 is 0 Å². The number of halogens is 2. The van der Waals surface area contributed by atoms with E-state index in [0.29, 0.717) is 34.5 Å². The van der Waals surface area contributed by atoms with Gasteiger partial charge in [0.05, 0.1) is 29.4 Å². The second-order valence-electron chi connectivity index (χ2n) is 8.77. The van der Waals surface area contributed by atoms with Crippen LogP contribution < -0.4 is 10.9 Å². The number of hydrogen-bond donors (Lipinski definition) is 2. The largest absolute Gasteiger partial charge is 0.360 e. The Morgan fingerprint density at radius 2 is 2.03 bits per heavy atom. The fourth-order valence-corrected chi connectivity index (χ4v) is 4.47. The monoisotopic (exact) mass is 507 g/mol. The van der Waals surface area contributed by atoms with Crippen LogP contribution in [-0.4, -0.2) is 37.8 Å². The normalized spacial score (nSPS) is 13.5. The number of nitrogens with zero attached hydrogens (tertiary/aromatic N) is 3. The van der Waals surface area contributed by atoms with E-state index in [2.05, 4.69) is 15.3 Å². The first kappa shape index (κ1) is 23.7. The van der Waals surface area contributed by atoms with Crippen LogP contribution in [-0.2, 0) is 24.4 Å². The third kappa shape index (κ3) is 5.01. The maximum atomic E-state index is 14.4. The Labute approximate surface area is 210 Å². The quantitative estimate of drug-likeness (QED) is 0.399. The Bertz CT molecular complexity index is 1510. The molecule has 4 aromatic rings. The first-order chi connectivity index (χ1) is 17.4. The highest BCUT2D eigenvalue weighted by molar-refractivity contribution is 6.35. The number of nitrogens with one attached hydrogen (secondary N) is 2. The second-order valence-corrected chi connectivity index (χ2v) is 9.18. The van der Waals surface area contributed by atoms with Gasteiger partial charge in [0, 0.05) is 60.6 Å². The van der Waals surface area contributed by atoms with Crippen LogP contribution in [0.1, 0.15) is 40.0 Å². The number of likely N-dealkylation sites (tertiary alicyclic amines) is 1. The highest BCUT2D eigenvalue weighted by Gasteiger charge is 2.20. The molecule has 3 aromatic heterocycles. The minimum atomic E-state index is -0.462. The molecule has 0 saturated carbocycles. The molecule has 0 spiro atoms. The van der Waals surface area contributed by atoms with Gasteiger partial charge in [0.2, 0.25) is 5.91 Å². The molecule has 2 N–H and O–H groups in total. The van der Waals surface area contributed by atoms with Crippen molar-refractivity contribution in [3.8, 4) is 0 Å². The van der Waals surface area contributed by atoms with Crippen molar-refractivity contribution in [1.29, 1.82) is 0 Å². The van der Waals surface area contributed by atoms with Crippen LogP contribution in [0, 0.1) is 5.82 Å². The molecule has 4 heterocycles. The Morgan fingerprint density at radius 3 is 2.78 bits per heavy atom. The van der Waals surface area contributed by atoms with E-state index in [1.165, 1.54) is 29.0 Å². The van der Waals surface area contributed by atoms with Crippen LogP contribution in [0.4, 0.5) is 4.39 Å². The lowest BCUT2D eigenvalue weighted by molar-refractivity contribution is -0.128. The number of hydrogen-bond acceptors (Lipinski definition) is 4. The Morgan fingerprint density at radius 1 is 1.17 bits per heavy atom. The van der Waals surface area contributed by atoms with Gasteiger partial charge < -0.3 is 19.8 Å². The SMILES string of the molecule is O=C(NCc1cc2c(Cl)c[nH]c2cc1F)c1ccc(=O)n(Cc2ccc(CN3CCCC3=O)nc2)c1. The summed E-state index contributed by atoms with van der Waals surface area (Å²) in [7, 11) is 0. The third-order valence-electron chi connectivity index (χ3n) is 6.25. The average Bonchev–Trinajstić information content (AvgIpc) is 3.44. The number of fused-ring (bicyclic) bond motifs is 1. The van der Waals surface area contributed by atoms with Crippen molar-refractivity contribution in [2.75, 3.05) is 6.54 Å². The first-order valence-corrected chi connectivity index (χ1v) is 11.9. The van der Waals surface area contributed by atoms with E-state index in [1.54, 1.807) is 23.4 Å². The van der Waals surface area contributed by atoms with Crippen molar-refractivity contribution in [2.24, 2.45) is 0 Å². The van der Waals surface area contributed by atoms with Crippen LogP contribution in [0.3, 0.4) is 0 Å². The second kappa shape index (κ2) is 9.94. The summed E-state index contributed by atoms with van der Waals surface area (Å²) in [5.41, 5.74) is 2.44. The zero-order valence-electron chi connectivity index (χ0n) is 19.3. The van der Waals surface area contributed by atoms with Crippen LogP contribution in [0.5, 0.6) is 0 Å². The molecule has 1 saturated heterocycles. The number of aromatic amines is 1. The molecule has 1 aliphatic rings. The molecular formula is C26H23ClFN5O3. The van der Waals surface area contributed by atoms with Crippen molar-refractivity contribution in [1.82, 2.24) is 24.8 Å². The average molecular weight is 508 g/mol. The van der Waals surface area contributed by atoms with Gasteiger partial charge in [0.25, 0.3) is 11.5 Å². The van der Waals surface area contributed by atoms with Gasteiger partial charge in [-0.25, -0.2) is 4.39 Å². The summed E-state index contributed by atoms with van der Waals surface area (Å²) in [6.07, 6.45) is 6.16. The van der Waals surface area contributed by atoms with Crippen LogP contribution in [0.2, 0.25) is 5.02 Å². The summed E-state index contributed by atoms with van der Waals surface area (Å²) < 4.78 is 15.8. The smallest absolute Gasteiger partial charge is 0.253 e. The third-order valence-corrected chi connectivity index (χ3v) is 6.56. The predicted molar refractivity (Wildman–Crippen MR) is 133 cm³/mol. The summed E-state index contributed by atoms with van der Waals surface area (Å²) in [4.78, 5) is 46.0. The van der Waals surface area contributed by atoms with Crippen LogP contribution >= 0.6 is 11.6 Å². The van der Waals surface area contributed by atoms with Crippen molar-refractivity contribution in [3.63, 3.8) is 0 Å². The van der Waals surface area contributed by atoms with Crippen molar-refractivity contribution in [2.45, 2.75) is 32.5 Å². The van der Waals surface area contributed by atoms with E-state index < -0.39 is 11.7 Å². The Balaban J connectivity index is 1.25. The molecule has 0 radical (unpaired) electrons. The first-order valence-electron chi connectivity index (χ1n) is 11.5. The van der Waals surface area contributed by atoms with Crippen molar-refractivity contribution >= 4 is 34.3 Å². The lowest BCUT2D eigenvalue weighted by Crippen LogP contribution is -2.27. The van der Waals surface area contributed by atoms with Crippen molar-refractivity contribution < 1.29 is 14.0 Å². The molecule has 2 amide bonds. The number of benzene rings is 1. The number of carbonyl (C=O) groups is 2. The minimum Gasteiger partial charge on any atom is -0.360 e. The number of rotatable bonds is 7. The molecule has 0 bridgehead atoms. The minimum absolute atomic E-state index is 0.0356. The van der Waals surface area contributed by atoms with Gasteiger partial charge in [0.1, 0.15) is 5.82 Å². The van der Waals surface area contributed by atoms with Gasteiger partial charge in [-0.15, -0.1) is 0 Å². The Hall–Kier alpha value is -3.98. The van der Waals surface area contributed by atoms with Gasteiger partial charge >= 0.3 is 0 Å². The van der Waals surface area contributed by atoms with Gasteiger partial charge in [-0.3, -0.25) is 19.4 Å². The molecule has 184 valence electrons. The molecule has 0 unspecified atom stereocenters. The van der Waals surface area contributed by atoms with E-state index in [4.69, 9.17) is 11.6 Å². The number of aromatic nitrogens is 3. The fourth-order valence-electron chi connectivity index (χ4n) is 4.26. The Kier molecular flexibility index (Phi) is 6.56. The molecule has 1 fully saturated rings.